The molecule has 0 fully saturated rings. The molecule has 0 atom stereocenters. The predicted molar refractivity (Wildman–Crippen MR) is 121 cm³/mol. The van der Waals surface area contributed by atoms with Crippen LogP contribution in [0, 0.1) is 22.7 Å². The minimum atomic E-state index is -0.377. The number of nitrogens with one attached hydrogen (secondary N) is 1. The van der Waals surface area contributed by atoms with Gasteiger partial charge in [0.15, 0.2) is 0 Å². The van der Waals surface area contributed by atoms with Gasteiger partial charge in [0.05, 0.1) is 16.8 Å². The minimum absolute atomic E-state index is 0.0190. The Balaban J connectivity index is 1.80. The van der Waals surface area contributed by atoms with E-state index in [1.807, 2.05) is 13.8 Å². The summed E-state index contributed by atoms with van der Waals surface area (Å²) < 4.78 is 0. The second-order valence-corrected chi connectivity index (χ2v) is 9.66. The van der Waals surface area contributed by atoms with Crippen molar-refractivity contribution >= 4 is 55.3 Å². The van der Waals surface area contributed by atoms with Crippen molar-refractivity contribution in [3.8, 4) is 12.1 Å². The van der Waals surface area contributed by atoms with Gasteiger partial charge in [-0.2, -0.15) is 10.5 Å². The molecule has 0 aliphatic heterocycles. The zero-order chi connectivity index (χ0) is 21.6. The third-order valence-corrected chi connectivity index (χ3v) is 7.65. The van der Waals surface area contributed by atoms with Crippen LogP contribution >= 0.6 is 22.7 Å². The molecule has 5 N–H and O–H groups in total. The van der Waals surface area contributed by atoms with Crippen LogP contribution in [0.5, 0.6) is 0 Å². The van der Waals surface area contributed by atoms with E-state index in [1.165, 1.54) is 16.2 Å². The van der Waals surface area contributed by atoms with E-state index in [0.717, 1.165) is 42.6 Å². The standard InChI is InChI=1S/C21H20N6OS2/c1-9(2)14-12(8-23)18(25)26-21-15(14)16(24)17(30-21)19(28)27-20-11(7-22)10-5-3-4-6-13(10)29-20/h9H,3-6,24H2,1-2H3,(H2,25,26)(H,27,28). The van der Waals surface area contributed by atoms with Crippen LogP contribution in [0.4, 0.5) is 16.5 Å². The number of rotatable bonds is 3. The Hall–Kier alpha value is -3.14. The first-order chi connectivity index (χ1) is 14.4. The van der Waals surface area contributed by atoms with Crippen LogP contribution in [-0.4, -0.2) is 10.9 Å². The Kier molecular flexibility index (Phi) is 5.10. The summed E-state index contributed by atoms with van der Waals surface area (Å²) in [5.74, 6) is -0.258. The van der Waals surface area contributed by atoms with Gasteiger partial charge in [-0.25, -0.2) is 4.98 Å². The van der Waals surface area contributed by atoms with E-state index in [9.17, 15) is 15.3 Å². The van der Waals surface area contributed by atoms with E-state index in [1.54, 1.807) is 0 Å². The number of carbonyl (C=O) groups is 1. The maximum absolute atomic E-state index is 13.1. The number of nitrogen functional groups attached to an aromatic ring is 2. The van der Waals surface area contributed by atoms with Gasteiger partial charge in [-0.1, -0.05) is 13.8 Å². The summed E-state index contributed by atoms with van der Waals surface area (Å²) in [6.45, 7) is 3.89. The molecule has 1 aliphatic carbocycles. The van der Waals surface area contributed by atoms with Crippen LogP contribution in [-0.2, 0) is 12.8 Å². The molecule has 3 heterocycles. The first kappa shape index (κ1) is 20.1. The highest BCUT2D eigenvalue weighted by Crippen LogP contribution is 2.42. The lowest BCUT2D eigenvalue weighted by Gasteiger charge is -2.12. The fraction of sp³-hybridized carbons (Fsp3) is 0.333. The second-order valence-electron chi connectivity index (χ2n) is 7.56. The lowest BCUT2D eigenvalue weighted by atomic mass is 9.95. The quantitative estimate of drug-likeness (QED) is 0.551. The Morgan fingerprint density at radius 1 is 1.13 bits per heavy atom. The molecular formula is C21H20N6OS2. The highest BCUT2D eigenvalue weighted by Gasteiger charge is 2.27. The van der Waals surface area contributed by atoms with Gasteiger partial charge in [-0.3, -0.25) is 4.79 Å². The number of nitrogens with zero attached hydrogens (tertiary/aromatic N) is 3. The highest BCUT2D eigenvalue weighted by molar-refractivity contribution is 7.21. The largest absolute Gasteiger partial charge is 0.397 e. The van der Waals surface area contributed by atoms with Crippen molar-refractivity contribution in [3.05, 3.63) is 32.0 Å². The van der Waals surface area contributed by atoms with E-state index in [-0.39, 0.29) is 17.6 Å². The fourth-order valence-corrected chi connectivity index (χ4v) is 6.24. The molecule has 0 saturated heterocycles. The number of nitrogens with two attached hydrogens (primary N) is 2. The van der Waals surface area contributed by atoms with Crippen molar-refractivity contribution in [2.75, 3.05) is 16.8 Å². The van der Waals surface area contributed by atoms with E-state index in [4.69, 9.17) is 11.5 Å². The summed E-state index contributed by atoms with van der Waals surface area (Å²) in [5.41, 5.74) is 15.3. The maximum atomic E-state index is 13.1. The maximum Gasteiger partial charge on any atom is 0.268 e. The molecule has 4 rings (SSSR count). The van der Waals surface area contributed by atoms with Gasteiger partial charge in [-0.05, 0) is 42.7 Å². The predicted octanol–water partition coefficient (Wildman–Crippen LogP) is 4.52. The topological polar surface area (TPSA) is 142 Å². The molecule has 0 spiro atoms. The Labute approximate surface area is 181 Å². The summed E-state index contributed by atoms with van der Waals surface area (Å²) >= 11 is 2.62. The van der Waals surface area contributed by atoms with Crippen LogP contribution < -0.4 is 16.8 Å². The lowest BCUT2D eigenvalue weighted by molar-refractivity contribution is 0.103. The molecule has 1 aliphatic rings. The van der Waals surface area contributed by atoms with Crippen molar-refractivity contribution in [3.63, 3.8) is 0 Å². The zero-order valence-corrected chi connectivity index (χ0v) is 18.3. The van der Waals surface area contributed by atoms with E-state index in [0.29, 0.717) is 42.5 Å². The Bertz CT molecular complexity index is 1270. The van der Waals surface area contributed by atoms with Crippen molar-refractivity contribution in [1.82, 2.24) is 4.98 Å². The molecule has 0 unspecified atom stereocenters. The Morgan fingerprint density at radius 3 is 2.50 bits per heavy atom. The molecule has 0 saturated carbocycles. The number of aryl methyl sites for hydroxylation is 1. The summed E-state index contributed by atoms with van der Waals surface area (Å²) in [6.07, 6.45) is 3.96. The number of hydrogen-bond acceptors (Lipinski definition) is 8. The molecule has 9 heteroatoms. The normalized spacial score (nSPS) is 13.1. The van der Waals surface area contributed by atoms with Crippen LogP contribution in [0.25, 0.3) is 10.2 Å². The molecule has 0 bridgehead atoms. The average molecular weight is 437 g/mol. The van der Waals surface area contributed by atoms with E-state index < -0.39 is 0 Å². The number of carbonyl (C=O) groups excluding carboxylic acids is 1. The number of anilines is 3. The zero-order valence-electron chi connectivity index (χ0n) is 16.6. The van der Waals surface area contributed by atoms with Crippen LogP contribution in [0.2, 0.25) is 0 Å². The second kappa shape index (κ2) is 7.60. The summed E-state index contributed by atoms with van der Waals surface area (Å²) in [4.78, 5) is 19.4. The first-order valence-corrected chi connectivity index (χ1v) is 11.3. The molecule has 0 aromatic carbocycles. The molecule has 3 aromatic heterocycles. The van der Waals surface area contributed by atoms with Crippen LogP contribution in [0.3, 0.4) is 0 Å². The first-order valence-electron chi connectivity index (χ1n) is 9.64. The SMILES string of the molecule is CC(C)c1c(C#N)c(N)nc2sc(C(=O)Nc3sc4c(c3C#N)CCCC4)c(N)c12. The van der Waals surface area contributed by atoms with E-state index in [2.05, 4.69) is 22.4 Å². The van der Waals surface area contributed by atoms with Gasteiger partial charge in [0, 0.05) is 10.3 Å². The van der Waals surface area contributed by atoms with Gasteiger partial charge >= 0.3 is 0 Å². The van der Waals surface area contributed by atoms with Gasteiger partial charge in [0.1, 0.15) is 32.7 Å². The molecule has 3 aromatic rings. The smallest absolute Gasteiger partial charge is 0.268 e. The summed E-state index contributed by atoms with van der Waals surface area (Å²) in [5, 5.41) is 23.2. The van der Waals surface area contributed by atoms with Gasteiger partial charge < -0.3 is 16.8 Å². The van der Waals surface area contributed by atoms with Crippen molar-refractivity contribution in [2.24, 2.45) is 0 Å². The highest BCUT2D eigenvalue weighted by atomic mass is 32.1. The Morgan fingerprint density at radius 2 is 1.83 bits per heavy atom. The fourth-order valence-electron chi connectivity index (χ4n) is 3.99. The third kappa shape index (κ3) is 3.07. The number of hydrogen-bond donors (Lipinski definition) is 3. The lowest BCUT2D eigenvalue weighted by Crippen LogP contribution is -2.12. The molecule has 7 nitrogen and oxygen atoms in total. The summed E-state index contributed by atoms with van der Waals surface area (Å²) in [7, 11) is 0. The van der Waals surface area contributed by atoms with Crippen LogP contribution in [0.1, 0.15) is 69.4 Å². The number of nitriles is 2. The van der Waals surface area contributed by atoms with E-state index >= 15 is 0 Å². The summed E-state index contributed by atoms with van der Waals surface area (Å²) in [6, 6.07) is 4.36. The van der Waals surface area contributed by atoms with Crippen molar-refractivity contribution in [2.45, 2.75) is 45.4 Å². The van der Waals surface area contributed by atoms with Gasteiger partial charge in [0.2, 0.25) is 0 Å². The van der Waals surface area contributed by atoms with Crippen molar-refractivity contribution in [1.29, 1.82) is 10.5 Å². The monoisotopic (exact) mass is 436 g/mol. The number of fused-ring (bicyclic) bond motifs is 2. The molecule has 152 valence electrons. The van der Waals surface area contributed by atoms with Gasteiger partial charge in [-0.15, -0.1) is 22.7 Å². The number of thiophene rings is 2. The molecular weight excluding hydrogens is 416 g/mol. The number of pyridine rings is 1. The molecule has 1 amide bonds. The average Bonchev–Trinajstić information content (AvgIpc) is 3.23. The van der Waals surface area contributed by atoms with Crippen molar-refractivity contribution < 1.29 is 4.79 Å². The third-order valence-electron chi connectivity index (χ3n) is 5.35. The minimum Gasteiger partial charge on any atom is -0.397 e. The molecule has 30 heavy (non-hydrogen) atoms. The number of aromatic nitrogens is 1. The number of amides is 1. The van der Waals surface area contributed by atoms with Crippen LogP contribution in [0.15, 0.2) is 0 Å². The molecule has 0 radical (unpaired) electrons. The van der Waals surface area contributed by atoms with Gasteiger partial charge in [0.25, 0.3) is 5.91 Å².